The summed E-state index contributed by atoms with van der Waals surface area (Å²) in [4.78, 5) is 4.89. The van der Waals surface area contributed by atoms with E-state index in [9.17, 15) is 0 Å². The van der Waals surface area contributed by atoms with Gasteiger partial charge in [-0.2, -0.15) is 0 Å². The molecular weight excluding hydrogens is 184 g/mol. The Kier molecular flexibility index (Phi) is 2.17. The highest BCUT2D eigenvalue weighted by atomic mass is 15.0. The zero-order valence-electron chi connectivity index (χ0n) is 9.87. The van der Waals surface area contributed by atoms with Crippen molar-refractivity contribution < 1.29 is 0 Å². The summed E-state index contributed by atoms with van der Waals surface area (Å²) in [5.41, 5.74) is 0.311. The largest absolute Gasteiger partial charge is 0.313 e. The maximum Gasteiger partial charge on any atom is 0.0624 e. The Balaban J connectivity index is 1.86. The van der Waals surface area contributed by atoms with Crippen LogP contribution in [0.2, 0.25) is 0 Å². The van der Waals surface area contributed by atoms with Crippen molar-refractivity contribution in [1.82, 2.24) is 5.32 Å². The van der Waals surface area contributed by atoms with Gasteiger partial charge in [-0.05, 0) is 44.1 Å². The smallest absolute Gasteiger partial charge is 0.0624 e. The van der Waals surface area contributed by atoms with Crippen molar-refractivity contribution in [2.45, 2.75) is 51.1 Å². The summed E-state index contributed by atoms with van der Waals surface area (Å²) in [7, 11) is 0. The molecule has 1 aliphatic carbocycles. The minimum absolute atomic E-state index is 0.311. The summed E-state index contributed by atoms with van der Waals surface area (Å²) in [5.74, 6) is 2.46. The summed E-state index contributed by atoms with van der Waals surface area (Å²) < 4.78 is 0. The molecule has 2 nitrogen and oxygen atoms in total. The maximum absolute atomic E-state index is 4.89. The van der Waals surface area contributed by atoms with Crippen LogP contribution in [0, 0.1) is 17.8 Å². The van der Waals surface area contributed by atoms with Crippen LogP contribution < -0.4 is 5.32 Å². The van der Waals surface area contributed by atoms with Crippen molar-refractivity contribution >= 4 is 6.21 Å². The van der Waals surface area contributed by atoms with Gasteiger partial charge in [0, 0.05) is 18.2 Å². The minimum Gasteiger partial charge on any atom is -0.313 e. The molecule has 15 heavy (non-hydrogen) atoms. The van der Waals surface area contributed by atoms with Gasteiger partial charge in [-0.25, -0.2) is 0 Å². The van der Waals surface area contributed by atoms with E-state index in [0.29, 0.717) is 5.54 Å². The van der Waals surface area contributed by atoms with Gasteiger partial charge in [-0.1, -0.05) is 13.8 Å². The first-order valence-corrected chi connectivity index (χ1v) is 6.47. The van der Waals surface area contributed by atoms with Crippen LogP contribution in [0.25, 0.3) is 0 Å². The summed E-state index contributed by atoms with van der Waals surface area (Å²) in [6.07, 6.45) is 7.60. The van der Waals surface area contributed by atoms with Crippen LogP contribution in [0.3, 0.4) is 0 Å². The van der Waals surface area contributed by atoms with E-state index in [2.05, 4.69) is 25.4 Å². The highest BCUT2D eigenvalue weighted by Gasteiger charge is 2.50. The van der Waals surface area contributed by atoms with Crippen molar-refractivity contribution in [3.05, 3.63) is 0 Å². The van der Waals surface area contributed by atoms with Crippen molar-refractivity contribution in [2.24, 2.45) is 22.7 Å². The second-order valence-corrected chi connectivity index (χ2v) is 6.20. The molecule has 84 valence electrons. The molecule has 0 aromatic carbocycles. The molecule has 1 N–H and O–H groups in total. The van der Waals surface area contributed by atoms with Gasteiger partial charge in [0.1, 0.15) is 0 Å². The van der Waals surface area contributed by atoms with Crippen molar-refractivity contribution in [3.8, 4) is 0 Å². The molecule has 2 heteroatoms. The van der Waals surface area contributed by atoms with E-state index in [1.54, 1.807) is 0 Å². The van der Waals surface area contributed by atoms with E-state index in [-0.39, 0.29) is 0 Å². The molecule has 0 radical (unpaired) electrons. The molecule has 2 fully saturated rings. The SMILES string of the molecule is CC(C)CC12CC3CCNC(C1)C3C=N2. The van der Waals surface area contributed by atoms with E-state index in [0.717, 1.165) is 23.8 Å². The minimum atomic E-state index is 0.311. The molecule has 4 aliphatic rings. The molecule has 1 saturated carbocycles. The topological polar surface area (TPSA) is 24.4 Å². The molecule has 3 heterocycles. The fourth-order valence-corrected chi connectivity index (χ4v) is 4.09. The number of hydrogen-bond donors (Lipinski definition) is 1. The van der Waals surface area contributed by atoms with Crippen molar-refractivity contribution in [3.63, 3.8) is 0 Å². The second kappa shape index (κ2) is 3.31. The predicted octanol–water partition coefficient (Wildman–Crippen LogP) is 2.24. The zero-order valence-corrected chi connectivity index (χ0v) is 9.87. The number of rotatable bonds is 2. The Morgan fingerprint density at radius 1 is 1.47 bits per heavy atom. The molecule has 0 spiro atoms. The first-order valence-electron chi connectivity index (χ1n) is 6.47. The highest BCUT2D eigenvalue weighted by molar-refractivity contribution is 5.66. The van der Waals surface area contributed by atoms with Gasteiger partial charge < -0.3 is 5.32 Å². The summed E-state index contributed by atoms with van der Waals surface area (Å²) in [5, 5.41) is 3.69. The van der Waals surface area contributed by atoms with Crippen LogP contribution >= 0.6 is 0 Å². The van der Waals surface area contributed by atoms with E-state index < -0.39 is 0 Å². The molecule has 4 atom stereocenters. The number of nitrogens with zero attached hydrogens (tertiary/aromatic N) is 1. The predicted molar refractivity (Wildman–Crippen MR) is 63.3 cm³/mol. The third-order valence-corrected chi connectivity index (χ3v) is 4.48. The fraction of sp³-hybridized carbons (Fsp3) is 0.923. The zero-order chi connectivity index (χ0) is 10.5. The average molecular weight is 206 g/mol. The Morgan fingerprint density at radius 2 is 2.33 bits per heavy atom. The third-order valence-electron chi connectivity index (χ3n) is 4.48. The molecule has 4 bridgehead atoms. The van der Waals surface area contributed by atoms with Gasteiger partial charge in [-0.15, -0.1) is 0 Å². The van der Waals surface area contributed by atoms with Gasteiger partial charge in [-0.3, -0.25) is 4.99 Å². The molecule has 3 aliphatic heterocycles. The standard InChI is InChI=1S/C13H22N2/c1-9(2)5-13-6-10-3-4-14-12(7-13)11(10)8-15-13/h8-12,14H,3-7H2,1-2H3. The fourth-order valence-electron chi connectivity index (χ4n) is 4.09. The van der Waals surface area contributed by atoms with Crippen LogP contribution in [0.5, 0.6) is 0 Å². The second-order valence-electron chi connectivity index (χ2n) is 6.20. The maximum atomic E-state index is 4.89. The van der Waals surface area contributed by atoms with Gasteiger partial charge in [0.15, 0.2) is 0 Å². The number of hydrogen-bond acceptors (Lipinski definition) is 2. The quantitative estimate of drug-likeness (QED) is 0.736. The van der Waals surface area contributed by atoms with Crippen LogP contribution in [0.1, 0.15) is 39.5 Å². The molecule has 1 saturated heterocycles. The lowest BCUT2D eigenvalue weighted by Crippen LogP contribution is -2.59. The molecule has 0 amide bonds. The molecule has 0 aromatic rings. The van der Waals surface area contributed by atoms with Crippen LogP contribution in [0.15, 0.2) is 4.99 Å². The molecular formula is C13H22N2. The number of aliphatic imine (C=N–C) groups is 1. The average Bonchev–Trinajstić information content (AvgIpc) is 2.15. The molecule has 4 unspecified atom stereocenters. The normalized spacial score (nSPS) is 47.5. The van der Waals surface area contributed by atoms with Crippen molar-refractivity contribution in [2.75, 3.05) is 6.54 Å². The van der Waals surface area contributed by atoms with Gasteiger partial charge in [0.25, 0.3) is 0 Å². The Bertz CT molecular complexity index is 268. The molecule has 4 rings (SSSR count). The Hall–Kier alpha value is -0.370. The van der Waals surface area contributed by atoms with Crippen LogP contribution in [-0.2, 0) is 0 Å². The summed E-state index contributed by atoms with van der Waals surface area (Å²) in [6.45, 7) is 5.89. The summed E-state index contributed by atoms with van der Waals surface area (Å²) in [6, 6.07) is 0.744. The molecule has 0 aromatic heterocycles. The highest BCUT2D eigenvalue weighted by Crippen LogP contribution is 2.48. The van der Waals surface area contributed by atoms with Crippen LogP contribution in [0.4, 0.5) is 0 Å². The first kappa shape index (κ1) is 9.83. The van der Waals surface area contributed by atoms with Crippen LogP contribution in [-0.4, -0.2) is 24.3 Å². The van der Waals surface area contributed by atoms with E-state index in [1.165, 1.54) is 32.2 Å². The van der Waals surface area contributed by atoms with E-state index in [4.69, 9.17) is 4.99 Å². The lowest BCUT2D eigenvalue weighted by Gasteiger charge is -2.53. The van der Waals surface area contributed by atoms with E-state index >= 15 is 0 Å². The lowest BCUT2D eigenvalue weighted by atomic mass is 9.61. The van der Waals surface area contributed by atoms with Gasteiger partial charge in [0.05, 0.1) is 5.54 Å². The Morgan fingerprint density at radius 3 is 3.07 bits per heavy atom. The summed E-state index contributed by atoms with van der Waals surface area (Å²) >= 11 is 0. The number of piperidine rings is 1. The lowest BCUT2D eigenvalue weighted by molar-refractivity contribution is 0.0816. The van der Waals surface area contributed by atoms with Gasteiger partial charge in [0.2, 0.25) is 0 Å². The Labute approximate surface area is 92.5 Å². The third kappa shape index (κ3) is 1.54. The van der Waals surface area contributed by atoms with E-state index in [1.807, 2.05) is 0 Å². The van der Waals surface area contributed by atoms with Crippen molar-refractivity contribution in [1.29, 1.82) is 0 Å². The first-order chi connectivity index (χ1) is 7.19. The van der Waals surface area contributed by atoms with Gasteiger partial charge >= 0.3 is 0 Å². The monoisotopic (exact) mass is 206 g/mol. The number of nitrogens with one attached hydrogen (secondary N) is 1.